The first-order chi connectivity index (χ1) is 9.56. The van der Waals surface area contributed by atoms with E-state index in [0.29, 0.717) is 12.5 Å². The number of nitrogens with two attached hydrogens (primary N) is 1. The van der Waals surface area contributed by atoms with Crippen LogP contribution in [0.2, 0.25) is 0 Å². The number of halogens is 1. The lowest BCUT2D eigenvalue weighted by Gasteiger charge is -2.35. The van der Waals surface area contributed by atoms with Gasteiger partial charge in [0.25, 0.3) is 0 Å². The van der Waals surface area contributed by atoms with Gasteiger partial charge in [0, 0.05) is 30.1 Å². The number of piperidine rings is 1. The molecule has 1 aromatic carbocycles. The molecule has 2 rings (SSSR count). The number of rotatable bonds is 3. The number of hydrogen-bond donors (Lipinski definition) is 2. The number of likely N-dealkylation sites (tertiary alicyclic amines) is 1. The van der Waals surface area contributed by atoms with Gasteiger partial charge in [-0.25, -0.2) is 4.79 Å². The fourth-order valence-electron chi connectivity index (χ4n) is 2.47. The zero-order valence-electron chi connectivity index (χ0n) is 11.8. The first kappa shape index (κ1) is 15.3. The van der Waals surface area contributed by atoms with Gasteiger partial charge in [-0.15, -0.1) is 0 Å². The zero-order valence-corrected chi connectivity index (χ0v) is 13.4. The van der Waals surface area contributed by atoms with Crippen molar-refractivity contribution in [2.45, 2.75) is 25.8 Å². The molecule has 0 saturated carbocycles. The van der Waals surface area contributed by atoms with Crippen LogP contribution in [-0.4, -0.2) is 36.6 Å². The van der Waals surface area contributed by atoms with Crippen LogP contribution in [0.3, 0.4) is 0 Å². The molecule has 2 amide bonds. The van der Waals surface area contributed by atoms with Crippen LogP contribution in [0.4, 0.5) is 4.79 Å². The van der Waals surface area contributed by atoms with Crippen molar-refractivity contribution in [1.82, 2.24) is 10.2 Å². The predicted molar refractivity (Wildman–Crippen MR) is 84.6 cm³/mol. The SMILES string of the molecule is CC1CN(C(=O)NCCc2cccc(Br)c2)CCC1N. The van der Waals surface area contributed by atoms with Crippen LogP contribution in [0.25, 0.3) is 0 Å². The summed E-state index contributed by atoms with van der Waals surface area (Å²) < 4.78 is 1.07. The summed E-state index contributed by atoms with van der Waals surface area (Å²) in [7, 11) is 0. The van der Waals surface area contributed by atoms with Gasteiger partial charge in [-0.2, -0.15) is 0 Å². The lowest BCUT2D eigenvalue weighted by atomic mass is 9.95. The Morgan fingerprint density at radius 1 is 1.55 bits per heavy atom. The minimum absolute atomic E-state index is 0.0266. The standard InChI is InChI=1S/C15H22BrN3O/c1-11-10-19(8-6-14(11)17)15(20)18-7-5-12-3-2-4-13(16)9-12/h2-4,9,11,14H,5-8,10,17H2,1H3,(H,18,20). The molecule has 1 aliphatic heterocycles. The van der Waals surface area contributed by atoms with E-state index in [0.717, 1.165) is 30.4 Å². The number of urea groups is 1. The molecule has 110 valence electrons. The Bertz CT molecular complexity index is 466. The Kier molecular flexibility index (Phi) is 5.43. The molecule has 1 fully saturated rings. The monoisotopic (exact) mass is 339 g/mol. The number of carbonyl (C=O) groups is 1. The van der Waals surface area contributed by atoms with Crippen molar-refractivity contribution in [3.05, 3.63) is 34.3 Å². The minimum Gasteiger partial charge on any atom is -0.338 e. The maximum atomic E-state index is 12.1. The van der Waals surface area contributed by atoms with Crippen molar-refractivity contribution in [3.63, 3.8) is 0 Å². The first-order valence-corrected chi connectivity index (χ1v) is 7.88. The van der Waals surface area contributed by atoms with Gasteiger partial charge in [-0.1, -0.05) is 35.0 Å². The van der Waals surface area contributed by atoms with Crippen molar-refractivity contribution in [3.8, 4) is 0 Å². The molecule has 0 spiro atoms. The second-order valence-electron chi connectivity index (χ2n) is 5.49. The van der Waals surface area contributed by atoms with E-state index in [9.17, 15) is 4.79 Å². The van der Waals surface area contributed by atoms with Gasteiger partial charge in [0.2, 0.25) is 0 Å². The largest absolute Gasteiger partial charge is 0.338 e. The molecule has 1 aliphatic rings. The highest BCUT2D eigenvalue weighted by molar-refractivity contribution is 9.10. The van der Waals surface area contributed by atoms with Crippen molar-refractivity contribution >= 4 is 22.0 Å². The van der Waals surface area contributed by atoms with Crippen molar-refractivity contribution in [2.75, 3.05) is 19.6 Å². The van der Waals surface area contributed by atoms with Gasteiger partial charge in [-0.3, -0.25) is 0 Å². The van der Waals surface area contributed by atoms with Gasteiger partial charge >= 0.3 is 6.03 Å². The number of carbonyl (C=O) groups excluding carboxylic acids is 1. The van der Waals surface area contributed by atoms with E-state index < -0.39 is 0 Å². The molecule has 0 aliphatic carbocycles. The number of hydrogen-bond acceptors (Lipinski definition) is 2. The lowest BCUT2D eigenvalue weighted by molar-refractivity contribution is 0.160. The Hall–Kier alpha value is -1.07. The quantitative estimate of drug-likeness (QED) is 0.888. The molecule has 20 heavy (non-hydrogen) atoms. The number of benzene rings is 1. The fraction of sp³-hybridized carbons (Fsp3) is 0.533. The summed E-state index contributed by atoms with van der Waals surface area (Å²) in [6, 6.07) is 8.40. The smallest absolute Gasteiger partial charge is 0.317 e. The molecule has 2 atom stereocenters. The van der Waals surface area contributed by atoms with E-state index in [4.69, 9.17) is 5.73 Å². The highest BCUT2D eigenvalue weighted by Crippen LogP contribution is 2.15. The molecule has 5 heteroatoms. The third-order valence-electron chi connectivity index (χ3n) is 3.84. The average molecular weight is 340 g/mol. The van der Waals surface area contributed by atoms with Crippen molar-refractivity contribution in [1.29, 1.82) is 0 Å². The Morgan fingerprint density at radius 3 is 3.05 bits per heavy atom. The van der Waals surface area contributed by atoms with E-state index in [2.05, 4.69) is 40.3 Å². The summed E-state index contributed by atoms with van der Waals surface area (Å²) in [6.07, 6.45) is 1.73. The molecular formula is C15H22BrN3O. The van der Waals surface area contributed by atoms with Crippen molar-refractivity contribution in [2.24, 2.45) is 11.7 Å². The first-order valence-electron chi connectivity index (χ1n) is 7.09. The molecule has 3 N–H and O–H groups in total. The summed E-state index contributed by atoms with van der Waals surface area (Å²) in [6.45, 7) is 4.27. The molecule has 0 aromatic heterocycles. The average Bonchev–Trinajstić information content (AvgIpc) is 2.42. The Morgan fingerprint density at radius 2 is 2.35 bits per heavy atom. The molecule has 0 bridgehead atoms. The van der Waals surface area contributed by atoms with Gasteiger partial charge < -0.3 is 16.0 Å². The fourth-order valence-corrected chi connectivity index (χ4v) is 2.91. The summed E-state index contributed by atoms with van der Waals surface area (Å²) in [4.78, 5) is 13.9. The van der Waals surface area contributed by atoms with E-state index in [-0.39, 0.29) is 12.1 Å². The highest BCUT2D eigenvalue weighted by atomic mass is 79.9. The van der Waals surface area contributed by atoms with Crippen molar-refractivity contribution < 1.29 is 4.79 Å². The molecule has 4 nitrogen and oxygen atoms in total. The van der Waals surface area contributed by atoms with E-state index in [1.807, 2.05) is 17.0 Å². The van der Waals surface area contributed by atoms with E-state index >= 15 is 0 Å². The minimum atomic E-state index is 0.0266. The van der Waals surface area contributed by atoms with Crippen LogP contribution in [0.1, 0.15) is 18.9 Å². The summed E-state index contributed by atoms with van der Waals surface area (Å²) in [5, 5.41) is 2.99. The van der Waals surface area contributed by atoms with Crippen LogP contribution in [-0.2, 0) is 6.42 Å². The summed E-state index contributed by atoms with van der Waals surface area (Å²) >= 11 is 3.45. The molecule has 1 heterocycles. The van der Waals surface area contributed by atoms with Crippen LogP contribution in [0.5, 0.6) is 0 Å². The van der Waals surface area contributed by atoms with E-state index in [1.165, 1.54) is 5.56 Å². The van der Waals surface area contributed by atoms with Crippen LogP contribution < -0.4 is 11.1 Å². The zero-order chi connectivity index (χ0) is 14.5. The van der Waals surface area contributed by atoms with Gasteiger partial charge in [-0.05, 0) is 36.5 Å². The third kappa shape index (κ3) is 4.21. The maximum Gasteiger partial charge on any atom is 0.317 e. The normalized spacial score (nSPS) is 22.6. The second kappa shape index (κ2) is 7.09. The highest BCUT2D eigenvalue weighted by Gasteiger charge is 2.25. The van der Waals surface area contributed by atoms with Crippen LogP contribution in [0, 0.1) is 5.92 Å². The Labute approximate surface area is 128 Å². The molecule has 2 unspecified atom stereocenters. The van der Waals surface area contributed by atoms with E-state index in [1.54, 1.807) is 0 Å². The summed E-state index contributed by atoms with van der Waals surface area (Å²) in [5.74, 6) is 0.375. The maximum absolute atomic E-state index is 12.1. The van der Waals surface area contributed by atoms with Gasteiger partial charge in [0.05, 0.1) is 0 Å². The molecule has 0 radical (unpaired) electrons. The topological polar surface area (TPSA) is 58.4 Å². The molecule has 1 aromatic rings. The lowest BCUT2D eigenvalue weighted by Crippen LogP contribution is -2.51. The number of nitrogens with zero attached hydrogens (tertiary/aromatic N) is 1. The second-order valence-corrected chi connectivity index (χ2v) is 6.40. The van der Waals surface area contributed by atoms with Crippen LogP contribution >= 0.6 is 15.9 Å². The Balaban J connectivity index is 1.75. The predicted octanol–water partition coefficient (Wildman–Crippen LogP) is 2.37. The van der Waals surface area contributed by atoms with Gasteiger partial charge in [0.1, 0.15) is 0 Å². The number of nitrogens with one attached hydrogen (secondary N) is 1. The summed E-state index contributed by atoms with van der Waals surface area (Å²) in [5.41, 5.74) is 7.18. The molecular weight excluding hydrogens is 318 g/mol. The number of amides is 2. The third-order valence-corrected chi connectivity index (χ3v) is 4.33. The van der Waals surface area contributed by atoms with Gasteiger partial charge in [0.15, 0.2) is 0 Å². The molecule has 1 saturated heterocycles. The van der Waals surface area contributed by atoms with Crippen LogP contribution in [0.15, 0.2) is 28.7 Å².